The third kappa shape index (κ3) is 42.6. The number of benzene rings is 1. The maximum Gasteiger partial charge on any atom is 0.346 e. The van der Waals surface area contributed by atoms with Crippen molar-refractivity contribution in [2.45, 2.75) is 167 Å². The van der Waals surface area contributed by atoms with Gasteiger partial charge < -0.3 is 164 Å². The van der Waals surface area contributed by atoms with Gasteiger partial charge in [0, 0.05) is 63.2 Å². The Morgan fingerprint density at radius 3 is 1.24 bits per heavy atom. The maximum atomic E-state index is 13.8. The molecule has 13 atom stereocenters. The fourth-order valence-electron chi connectivity index (χ4n) is 12.2. The Morgan fingerprint density at radius 2 is 0.826 bits per heavy atom. The number of ether oxygens (including phenoxy) is 15. The Balaban J connectivity index is 0.904. The summed E-state index contributed by atoms with van der Waals surface area (Å²) in [6.45, 7) is -0.316. The molecule has 5 rings (SSSR count). The molecule has 1 aromatic carbocycles. The summed E-state index contributed by atoms with van der Waals surface area (Å²) in [5.74, 6) is -21.0. The molecule has 6 amide bonds. The van der Waals surface area contributed by atoms with Crippen LogP contribution in [0.1, 0.15) is 75.6 Å². The summed E-state index contributed by atoms with van der Waals surface area (Å²) in [6.07, 6.45) is -11.1. The molecule has 2 aliphatic rings. The van der Waals surface area contributed by atoms with Crippen molar-refractivity contribution < 1.29 is 197 Å². The monoisotopic (exact) mass is 1950 g/mol. The quantitative estimate of drug-likeness (QED) is 0.00624. The highest BCUT2D eigenvalue weighted by atomic mass is 32.2. The Morgan fingerprint density at radius 1 is 0.447 bits per heavy atom. The first-order valence-corrected chi connectivity index (χ1v) is 44.1. The van der Waals surface area contributed by atoms with Crippen LogP contribution in [0, 0.1) is 29.1 Å². The Labute approximate surface area is 762 Å². The summed E-state index contributed by atoms with van der Waals surface area (Å²) in [5, 5.41) is 152. The van der Waals surface area contributed by atoms with E-state index in [1.807, 2.05) is 0 Å². The predicted octanol–water partition coefficient (Wildman–Crippen LogP) is -6.27. The molecule has 0 bridgehead atoms. The van der Waals surface area contributed by atoms with E-state index in [1.54, 1.807) is 21.8 Å². The van der Waals surface area contributed by atoms with E-state index in [1.165, 1.54) is 0 Å². The molecule has 0 spiro atoms. The number of aromatic nitrogens is 6. The number of esters is 1. The number of aliphatic hydroxyl groups is 10. The van der Waals surface area contributed by atoms with E-state index >= 15 is 0 Å². The number of carboxylic acid groups (broad SMARTS) is 2. The first-order chi connectivity index (χ1) is 63.4. The normalized spacial score (nSPS) is 19.7. The van der Waals surface area contributed by atoms with Crippen LogP contribution in [0.3, 0.4) is 0 Å². The van der Waals surface area contributed by atoms with Crippen LogP contribution in [0.4, 0.5) is 22.0 Å². The van der Waals surface area contributed by atoms with Crippen molar-refractivity contribution in [2.75, 3.05) is 203 Å². The highest BCUT2D eigenvalue weighted by Gasteiger charge is 2.57. The molecule has 8 unspecified atom stereocenters. The second-order valence-electron chi connectivity index (χ2n) is 29.0. The topological polar surface area (TPSA) is 668 Å². The molecule has 48 nitrogen and oxygen atoms in total. The SMILES string of the molecule is O=C(CCOCCOCCn1cc(COCCOCCSC2(C(=O)O)CC(O)C(NC(=O)CO)C([C@@H](O)[C@@H](O)CO)O2)nn1)NCCCC[C@@H](NC(=O)CCCNC(=O)CCOCCOCCn1cc(COCCOCCSC2(C(=O)O)CC(O)C(NC(=O)CO)C([C@@H](O)[C@@H](O)CO)O2)nn1)C(=O)NCCOCCOCCOCCOCCC(=O)Oc1c(F)c(F)c(F)c(F)c1F. The smallest absolute Gasteiger partial charge is 0.346 e. The predicted molar refractivity (Wildman–Crippen MR) is 440 cm³/mol. The summed E-state index contributed by atoms with van der Waals surface area (Å²) in [5.41, 5.74) is 1.02. The van der Waals surface area contributed by atoms with Gasteiger partial charge in [-0.1, -0.05) is 10.4 Å². The van der Waals surface area contributed by atoms with Crippen LogP contribution in [0.2, 0.25) is 0 Å². The number of carbonyl (C=O) groups is 9. The third-order valence-corrected chi connectivity index (χ3v) is 21.6. The molecule has 0 aliphatic carbocycles. The van der Waals surface area contributed by atoms with Crippen LogP contribution in [-0.2, 0) is 136 Å². The number of carboxylic acids is 2. The molecule has 2 fully saturated rings. The molecule has 2 aromatic heterocycles. The highest BCUT2D eigenvalue weighted by molar-refractivity contribution is 8.01. The summed E-state index contributed by atoms with van der Waals surface area (Å²) in [7, 11) is 0. The van der Waals surface area contributed by atoms with Crippen LogP contribution < -0.4 is 36.6 Å². The van der Waals surface area contributed by atoms with Crippen molar-refractivity contribution in [3.8, 4) is 5.75 Å². The van der Waals surface area contributed by atoms with Crippen molar-refractivity contribution in [1.29, 1.82) is 0 Å². The third-order valence-electron chi connectivity index (χ3n) is 19.0. The van der Waals surface area contributed by atoms with Crippen LogP contribution >= 0.6 is 23.5 Å². The Hall–Kier alpha value is -7.88. The summed E-state index contributed by atoms with van der Waals surface area (Å²) in [4.78, 5) is 108. The van der Waals surface area contributed by atoms with E-state index in [2.05, 4.69) is 57.3 Å². The lowest BCUT2D eigenvalue weighted by molar-refractivity contribution is -0.205. The molecule has 18 N–H and O–H groups in total. The number of carbonyl (C=O) groups excluding carboxylic acids is 7. The zero-order valence-corrected chi connectivity index (χ0v) is 74.0. The molecule has 132 heavy (non-hydrogen) atoms. The second kappa shape index (κ2) is 65.0. The van der Waals surface area contributed by atoms with E-state index < -0.39 is 199 Å². The Bertz CT molecular complexity index is 3860. The minimum atomic E-state index is -2.40. The Kier molecular flexibility index (Phi) is 56.4. The number of amides is 6. The van der Waals surface area contributed by atoms with Crippen LogP contribution in [0.25, 0.3) is 0 Å². The van der Waals surface area contributed by atoms with Crippen LogP contribution in [0.5, 0.6) is 5.75 Å². The van der Waals surface area contributed by atoms with E-state index in [0.717, 1.165) is 23.5 Å². The number of hydrogen-bond acceptors (Lipinski definition) is 40. The van der Waals surface area contributed by atoms with Gasteiger partial charge in [0.25, 0.3) is 0 Å². The molecule has 4 heterocycles. The number of aliphatic hydroxyl groups excluding tert-OH is 10. The fourth-order valence-corrected chi connectivity index (χ4v) is 14.5. The van der Waals surface area contributed by atoms with Crippen LogP contribution in [-0.4, -0.2) is 424 Å². The maximum absolute atomic E-state index is 13.8. The van der Waals surface area contributed by atoms with Gasteiger partial charge in [-0.15, -0.1) is 33.7 Å². The highest BCUT2D eigenvalue weighted by Crippen LogP contribution is 2.42. The van der Waals surface area contributed by atoms with Gasteiger partial charge in [0.2, 0.25) is 80.1 Å². The zero-order valence-electron chi connectivity index (χ0n) is 72.4. The number of rotatable bonds is 75. The van der Waals surface area contributed by atoms with Crippen LogP contribution in [0.15, 0.2) is 12.4 Å². The fraction of sp³-hybridized carbons (Fsp3) is 0.753. The molecule has 752 valence electrons. The van der Waals surface area contributed by atoms with Gasteiger partial charge in [-0.2, -0.15) is 8.78 Å². The molecule has 2 aliphatic heterocycles. The zero-order chi connectivity index (χ0) is 96.6. The summed E-state index contributed by atoms with van der Waals surface area (Å²) >= 11 is 1.47. The van der Waals surface area contributed by atoms with E-state index in [-0.39, 0.29) is 234 Å². The standard InChI is InChI=1S/C77H121F5N12O36S2/c78-61-62(79)64(81)70(65(82)63(61)80)128-60(108)8-16-118-22-26-122-28-29-123-27-23-119-17-11-85-73(111)50(4-1-2-9-83-55(103)6-14-116-20-24-120-18-12-93-40-48(89-91-93)46-126-32-30-124-34-36-131-76(74(112)113)38-51(99)66(87-58(106)44-97)71(129-76)68(109)53(101)42-95)86-57(105)5-3-10-84-56(104)7-15-117-21-25-121-19-13-94-41-49(90-92-94)47-127-33-31-125-35-37-132-77(75(114)115)39-52(100)67(88-59(107)45-98)72(130-77)69(110)54(102)43-96/h40-41,50-54,66-69,71-72,95-102,109-110H,1-39,42-47H2,(H,83,103)(H,84,104)(H,85,111)(H,86,105)(H,87,106)(H,88,107)(H,112,113)(H,114,115)/t50-,51?,52?,53+,54+,66?,67?,68+,69+,71?,72?,76?,77?/m1/s1. The second-order valence-corrected chi connectivity index (χ2v) is 31.7. The van der Waals surface area contributed by atoms with E-state index in [9.17, 15) is 126 Å². The molecule has 2 saturated heterocycles. The van der Waals surface area contributed by atoms with Gasteiger partial charge in [0.1, 0.15) is 67.3 Å². The van der Waals surface area contributed by atoms with Gasteiger partial charge in [-0.25, -0.2) is 32.1 Å². The average Bonchev–Trinajstić information content (AvgIpc) is 1.04. The number of unbranched alkanes of at least 4 members (excludes halogenated alkanes) is 1. The number of halogens is 5. The van der Waals surface area contributed by atoms with Gasteiger partial charge in [-0.3, -0.25) is 33.6 Å². The van der Waals surface area contributed by atoms with Crippen molar-refractivity contribution >= 4 is 76.9 Å². The lowest BCUT2D eigenvalue weighted by Gasteiger charge is -2.46. The molecule has 0 saturated carbocycles. The van der Waals surface area contributed by atoms with Gasteiger partial charge in [0.05, 0.1) is 228 Å². The molecule has 3 aromatic rings. The average molecular weight is 1950 g/mol. The van der Waals surface area contributed by atoms with Crippen molar-refractivity contribution in [3.63, 3.8) is 0 Å². The van der Waals surface area contributed by atoms with E-state index in [4.69, 9.17) is 66.3 Å². The molecular formula is C77H121F5N12O36S2. The molecular weight excluding hydrogens is 1830 g/mol. The van der Waals surface area contributed by atoms with Crippen molar-refractivity contribution in [1.82, 2.24) is 61.9 Å². The number of nitrogens with one attached hydrogen (secondary N) is 6. The lowest BCUT2D eigenvalue weighted by Crippen LogP contribution is -2.66. The summed E-state index contributed by atoms with van der Waals surface area (Å²) < 4.78 is 153. The van der Waals surface area contributed by atoms with Gasteiger partial charge in [0.15, 0.2) is 0 Å². The van der Waals surface area contributed by atoms with Crippen molar-refractivity contribution in [2.24, 2.45) is 0 Å². The van der Waals surface area contributed by atoms with Gasteiger partial charge >= 0.3 is 17.9 Å². The number of hydrogen-bond donors (Lipinski definition) is 18. The number of aliphatic carboxylic acids is 2. The lowest BCUT2D eigenvalue weighted by atomic mass is 9.89. The van der Waals surface area contributed by atoms with E-state index in [0.29, 0.717) is 37.3 Å². The number of nitrogens with zero attached hydrogens (tertiary/aromatic N) is 6. The largest absolute Gasteiger partial charge is 0.478 e. The minimum Gasteiger partial charge on any atom is -0.478 e. The molecule has 55 heteroatoms. The molecule has 0 radical (unpaired) electrons. The first kappa shape index (κ1) is 115. The first-order valence-electron chi connectivity index (χ1n) is 42.2. The minimum absolute atomic E-state index is 0.00509. The number of thioether (sulfide) groups is 2. The van der Waals surface area contributed by atoms with Crippen molar-refractivity contribution in [3.05, 3.63) is 52.9 Å². The summed E-state index contributed by atoms with van der Waals surface area (Å²) in [6, 6.07) is -3.84. The van der Waals surface area contributed by atoms with Gasteiger partial charge in [-0.05, 0) is 25.7 Å².